The fourth-order valence-electron chi connectivity index (χ4n) is 2.48. The van der Waals surface area contributed by atoms with Crippen molar-refractivity contribution in [1.82, 2.24) is 4.57 Å². The Morgan fingerprint density at radius 1 is 1.21 bits per heavy atom. The summed E-state index contributed by atoms with van der Waals surface area (Å²) in [7, 11) is 3.33. The molecule has 106 valence electrons. The molecule has 0 unspecified atom stereocenters. The molecule has 0 aliphatic rings. The third-order valence-corrected chi connectivity index (χ3v) is 3.63. The highest BCUT2D eigenvalue weighted by atomic mass is 16.5. The van der Waals surface area contributed by atoms with Crippen LogP contribution in [-0.2, 0) is 23.0 Å². The van der Waals surface area contributed by atoms with Gasteiger partial charge in [0.25, 0.3) is 0 Å². The van der Waals surface area contributed by atoms with Gasteiger partial charge in [-0.05, 0) is 32.3 Å². The van der Waals surface area contributed by atoms with Crippen molar-refractivity contribution < 1.29 is 14.3 Å². The molecule has 0 fully saturated rings. The molecule has 0 saturated heterocycles. The van der Waals surface area contributed by atoms with Gasteiger partial charge >= 0.3 is 5.97 Å². The lowest BCUT2D eigenvalue weighted by Gasteiger charge is -2.05. The third-order valence-electron chi connectivity index (χ3n) is 3.63. The van der Waals surface area contributed by atoms with E-state index in [1.165, 1.54) is 7.11 Å². The molecule has 1 aromatic rings. The van der Waals surface area contributed by atoms with E-state index in [0.29, 0.717) is 19.3 Å². The van der Waals surface area contributed by atoms with Crippen molar-refractivity contribution >= 4 is 11.8 Å². The van der Waals surface area contributed by atoms with E-state index >= 15 is 0 Å². The first-order chi connectivity index (χ1) is 8.93. The Kier molecular flexibility index (Phi) is 5.33. The van der Waals surface area contributed by atoms with E-state index in [1.807, 2.05) is 32.4 Å². The van der Waals surface area contributed by atoms with Crippen LogP contribution in [0.3, 0.4) is 0 Å². The van der Waals surface area contributed by atoms with Crippen molar-refractivity contribution in [2.75, 3.05) is 7.11 Å². The number of ketones is 1. The van der Waals surface area contributed by atoms with Gasteiger partial charge in [-0.2, -0.15) is 0 Å². The van der Waals surface area contributed by atoms with Gasteiger partial charge < -0.3 is 9.30 Å². The van der Waals surface area contributed by atoms with Gasteiger partial charge in [0.05, 0.1) is 13.5 Å². The van der Waals surface area contributed by atoms with Crippen LogP contribution in [0.2, 0.25) is 0 Å². The van der Waals surface area contributed by atoms with Crippen LogP contribution in [0, 0.1) is 13.8 Å². The molecule has 0 aromatic carbocycles. The van der Waals surface area contributed by atoms with Crippen molar-refractivity contribution in [2.45, 2.75) is 46.5 Å². The maximum Gasteiger partial charge on any atom is 0.305 e. The Labute approximate surface area is 114 Å². The molecule has 19 heavy (non-hydrogen) atoms. The van der Waals surface area contributed by atoms with Crippen LogP contribution in [0.1, 0.15) is 53.5 Å². The molecular formula is C15H23NO3. The Morgan fingerprint density at radius 2 is 1.84 bits per heavy atom. The molecule has 1 aromatic heterocycles. The van der Waals surface area contributed by atoms with Crippen LogP contribution in [0.15, 0.2) is 0 Å². The number of carbonyl (C=O) groups is 2. The van der Waals surface area contributed by atoms with Crippen LogP contribution < -0.4 is 0 Å². The molecule has 1 heterocycles. The van der Waals surface area contributed by atoms with Gasteiger partial charge in [-0.1, -0.05) is 6.92 Å². The number of rotatable bonds is 6. The summed E-state index contributed by atoms with van der Waals surface area (Å²) in [5.41, 5.74) is 3.85. The number of nitrogens with zero attached hydrogens (tertiary/aromatic N) is 1. The lowest BCUT2D eigenvalue weighted by molar-refractivity contribution is -0.140. The van der Waals surface area contributed by atoms with Crippen molar-refractivity contribution in [1.29, 1.82) is 0 Å². The highest BCUT2D eigenvalue weighted by Gasteiger charge is 2.20. The van der Waals surface area contributed by atoms with Gasteiger partial charge in [-0.25, -0.2) is 0 Å². The molecule has 0 aliphatic heterocycles. The molecule has 0 bridgehead atoms. The minimum atomic E-state index is -0.223. The first-order valence-electron chi connectivity index (χ1n) is 6.68. The number of ether oxygens (including phenoxy) is 1. The first-order valence-corrected chi connectivity index (χ1v) is 6.68. The Hall–Kier alpha value is -1.58. The van der Waals surface area contributed by atoms with Crippen LogP contribution in [0.25, 0.3) is 0 Å². The van der Waals surface area contributed by atoms with E-state index in [-0.39, 0.29) is 11.8 Å². The van der Waals surface area contributed by atoms with Crippen molar-refractivity contribution in [3.8, 4) is 0 Å². The summed E-state index contributed by atoms with van der Waals surface area (Å²) in [4.78, 5) is 23.4. The molecule has 4 nitrogen and oxygen atoms in total. The summed E-state index contributed by atoms with van der Waals surface area (Å²) in [6.07, 6.45) is 2.37. The van der Waals surface area contributed by atoms with Gasteiger partial charge in [-0.15, -0.1) is 0 Å². The predicted octanol–water partition coefficient (Wildman–Crippen LogP) is 2.73. The number of Topliss-reactive ketones (excluding diaryl/α,β-unsaturated/α-hetero) is 1. The average molecular weight is 265 g/mol. The second-order valence-corrected chi connectivity index (χ2v) is 4.84. The zero-order valence-electron chi connectivity index (χ0n) is 12.5. The lowest BCUT2D eigenvalue weighted by atomic mass is 10.0. The number of carbonyl (C=O) groups excluding carboxylic acids is 2. The van der Waals surface area contributed by atoms with Crippen molar-refractivity contribution in [3.05, 3.63) is 22.5 Å². The monoisotopic (exact) mass is 265 g/mol. The minimum absolute atomic E-state index is 0.192. The zero-order chi connectivity index (χ0) is 14.6. The summed E-state index contributed by atoms with van der Waals surface area (Å²) in [5.74, 6) is -0.0305. The van der Waals surface area contributed by atoms with E-state index in [9.17, 15) is 9.59 Å². The Balaban J connectivity index is 3.04. The van der Waals surface area contributed by atoms with Crippen LogP contribution in [0.5, 0.6) is 0 Å². The van der Waals surface area contributed by atoms with E-state index in [4.69, 9.17) is 0 Å². The van der Waals surface area contributed by atoms with E-state index in [1.54, 1.807) is 0 Å². The number of hydrogen-bond donors (Lipinski definition) is 0. The number of esters is 1. The lowest BCUT2D eigenvalue weighted by Crippen LogP contribution is -2.06. The SMILES string of the molecule is CCCC(=O)c1c(C)c(CCC(=O)OC)n(C)c1C. The van der Waals surface area contributed by atoms with Crippen molar-refractivity contribution in [3.63, 3.8) is 0 Å². The second-order valence-electron chi connectivity index (χ2n) is 4.84. The van der Waals surface area contributed by atoms with E-state index in [0.717, 1.165) is 28.9 Å². The van der Waals surface area contributed by atoms with Crippen LogP contribution >= 0.6 is 0 Å². The average Bonchev–Trinajstić information content (AvgIpc) is 2.58. The molecule has 0 spiro atoms. The molecule has 4 heteroatoms. The fraction of sp³-hybridized carbons (Fsp3) is 0.600. The maximum absolute atomic E-state index is 12.1. The van der Waals surface area contributed by atoms with Crippen LogP contribution in [0.4, 0.5) is 0 Å². The highest BCUT2D eigenvalue weighted by Crippen LogP contribution is 2.24. The van der Waals surface area contributed by atoms with Gasteiger partial charge in [0.2, 0.25) is 0 Å². The molecule has 0 amide bonds. The number of aromatic nitrogens is 1. The Bertz CT molecular complexity index is 486. The maximum atomic E-state index is 12.1. The topological polar surface area (TPSA) is 48.3 Å². The molecule has 1 rings (SSSR count). The quantitative estimate of drug-likeness (QED) is 0.587. The summed E-state index contributed by atoms with van der Waals surface area (Å²) < 4.78 is 6.67. The molecule has 0 radical (unpaired) electrons. The zero-order valence-corrected chi connectivity index (χ0v) is 12.5. The number of methoxy groups -OCH3 is 1. The van der Waals surface area contributed by atoms with E-state index in [2.05, 4.69) is 4.74 Å². The smallest absolute Gasteiger partial charge is 0.305 e. The minimum Gasteiger partial charge on any atom is -0.469 e. The van der Waals surface area contributed by atoms with Gasteiger partial charge in [0, 0.05) is 30.4 Å². The first kappa shape index (κ1) is 15.5. The molecular weight excluding hydrogens is 242 g/mol. The standard InChI is InChI=1S/C15H23NO3/c1-6-7-13(17)15-10(2)12(16(4)11(15)3)8-9-14(18)19-5/h6-9H2,1-5H3. The molecule has 0 saturated carbocycles. The summed E-state index contributed by atoms with van der Waals surface area (Å²) in [6, 6.07) is 0. The van der Waals surface area contributed by atoms with Crippen LogP contribution in [-0.4, -0.2) is 23.4 Å². The van der Waals surface area contributed by atoms with Gasteiger partial charge in [-0.3, -0.25) is 9.59 Å². The summed E-state index contributed by atoms with van der Waals surface area (Å²) in [5, 5.41) is 0. The predicted molar refractivity (Wildman–Crippen MR) is 74.5 cm³/mol. The normalized spacial score (nSPS) is 10.6. The second kappa shape index (κ2) is 6.55. The fourth-order valence-corrected chi connectivity index (χ4v) is 2.48. The highest BCUT2D eigenvalue weighted by molar-refractivity contribution is 5.99. The summed E-state index contributed by atoms with van der Waals surface area (Å²) in [6.45, 7) is 5.92. The van der Waals surface area contributed by atoms with Crippen molar-refractivity contribution in [2.24, 2.45) is 7.05 Å². The van der Waals surface area contributed by atoms with E-state index < -0.39 is 0 Å². The van der Waals surface area contributed by atoms with Gasteiger partial charge in [0.15, 0.2) is 5.78 Å². The summed E-state index contributed by atoms with van der Waals surface area (Å²) >= 11 is 0. The molecule has 0 atom stereocenters. The molecule has 0 aliphatic carbocycles. The number of hydrogen-bond acceptors (Lipinski definition) is 3. The molecule has 0 N–H and O–H groups in total. The van der Waals surface area contributed by atoms with Gasteiger partial charge in [0.1, 0.15) is 0 Å². The largest absolute Gasteiger partial charge is 0.469 e. The third kappa shape index (κ3) is 3.25. The Morgan fingerprint density at radius 3 is 2.37 bits per heavy atom.